The summed E-state index contributed by atoms with van der Waals surface area (Å²) in [6, 6.07) is 2.07. The van der Waals surface area contributed by atoms with Gasteiger partial charge in [0.1, 0.15) is 0 Å². The molecule has 0 aliphatic carbocycles. The maximum atomic E-state index is 5.57. The molecule has 0 aliphatic rings. The Kier molecular flexibility index (Phi) is 2.21. The number of rotatable bonds is 2. The van der Waals surface area contributed by atoms with E-state index < -0.39 is 0 Å². The standard InChI is InChI=1S/C8H8N2S2/c9-3-7-8(10-5-12-7)6-1-2-11-4-6/h1-2,4-5H,3,9H2. The van der Waals surface area contributed by atoms with Crippen LogP contribution in [0.5, 0.6) is 0 Å². The van der Waals surface area contributed by atoms with E-state index in [0.717, 1.165) is 10.6 Å². The molecule has 62 valence electrons. The van der Waals surface area contributed by atoms with Gasteiger partial charge in [0.05, 0.1) is 11.2 Å². The van der Waals surface area contributed by atoms with Gasteiger partial charge in [0.15, 0.2) is 0 Å². The lowest BCUT2D eigenvalue weighted by molar-refractivity contribution is 1.10. The lowest BCUT2D eigenvalue weighted by Gasteiger charge is -1.94. The molecule has 0 saturated heterocycles. The molecular weight excluding hydrogens is 188 g/mol. The second kappa shape index (κ2) is 3.35. The van der Waals surface area contributed by atoms with E-state index in [0.29, 0.717) is 6.54 Å². The first-order valence-electron chi connectivity index (χ1n) is 3.57. The summed E-state index contributed by atoms with van der Waals surface area (Å²) >= 11 is 3.30. The van der Waals surface area contributed by atoms with Gasteiger partial charge in [-0.05, 0) is 11.4 Å². The minimum Gasteiger partial charge on any atom is -0.326 e. The topological polar surface area (TPSA) is 38.9 Å². The third-order valence-electron chi connectivity index (χ3n) is 1.62. The maximum Gasteiger partial charge on any atom is 0.0864 e. The van der Waals surface area contributed by atoms with Crippen LogP contribution in [-0.2, 0) is 6.54 Å². The fourth-order valence-electron chi connectivity index (χ4n) is 1.05. The zero-order chi connectivity index (χ0) is 8.39. The minimum absolute atomic E-state index is 0.579. The second-order valence-electron chi connectivity index (χ2n) is 2.34. The van der Waals surface area contributed by atoms with Crippen LogP contribution in [0.4, 0.5) is 0 Å². The number of aromatic nitrogens is 1. The Morgan fingerprint density at radius 2 is 2.42 bits per heavy atom. The van der Waals surface area contributed by atoms with Crippen molar-refractivity contribution in [2.45, 2.75) is 6.54 Å². The largest absolute Gasteiger partial charge is 0.326 e. The quantitative estimate of drug-likeness (QED) is 0.800. The van der Waals surface area contributed by atoms with Gasteiger partial charge in [0.25, 0.3) is 0 Å². The van der Waals surface area contributed by atoms with Crippen LogP contribution < -0.4 is 5.73 Å². The molecule has 0 fully saturated rings. The van der Waals surface area contributed by atoms with Crippen LogP contribution in [0.15, 0.2) is 22.3 Å². The lowest BCUT2D eigenvalue weighted by atomic mass is 10.2. The average Bonchev–Trinajstić information content (AvgIpc) is 2.74. The fraction of sp³-hybridized carbons (Fsp3) is 0.125. The Balaban J connectivity index is 2.46. The highest BCUT2D eigenvalue weighted by Gasteiger charge is 2.06. The molecular formula is C8H8N2S2. The van der Waals surface area contributed by atoms with Crippen LogP contribution in [0.25, 0.3) is 11.3 Å². The van der Waals surface area contributed by atoms with E-state index in [-0.39, 0.29) is 0 Å². The summed E-state index contributed by atoms with van der Waals surface area (Å²) in [7, 11) is 0. The van der Waals surface area contributed by atoms with Crippen molar-refractivity contribution < 1.29 is 0 Å². The summed E-state index contributed by atoms with van der Waals surface area (Å²) in [5.74, 6) is 0. The number of hydrogen-bond donors (Lipinski definition) is 1. The van der Waals surface area contributed by atoms with Crippen molar-refractivity contribution in [1.82, 2.24) is 4.98 Å². The highest BCUT2D eigenvalue weighted by molar-refractivity contribution is 7.10. The van der Waals surface area contributed by atoms with Gasteiger partial charge in [0.2, 0.25) is 0 Å². The summed E-state index contributed by atoms with van der Waals surface area (Å²) in [6.07, 6.45) is 0. The molecule has 4 heteroatoms. The summed E-state index contributed by atoms with van der Waals surface area (Å²) in [6.45, 7) is 0.579. The van der Waals surface area contributed by atoms with Crippen molar-refractivity contribution in [2.24, 2.45) is 5.73 Å². The molecule has 12 heavy (non-hydrogen) atoms. The molecule has 2 nitrogen and oxygen atoms in total. The molecule has 2 rings (SSSR count). The van der Waals surface area contributed by atoms with Crippen molar-refractivity contribution in [1.29, 1.82) is 0 Å². The third-order valence-corrected chi connectivity index (χ3v) is 3.16. The van der Waals surface area contributed by atoms with Gasteiger partial charge in [-0.3, -0.25) is 0 Å². The van der Waals surface area contributed by atoms with E-state index in [2.05, 4.69) is 21.8 Å². The number of thiazole rings is 1. The fourth-order valence-corrected chi connectivity index (χ4v) is 2.35. The molecule has 2 heterocycles. The number of thiophene rings is 1. The molecule has 0 aliphatic heterocycles. The Labute approximate surface area is 78.7 Å². The number of hydrogen-bond acceptors (Lipinski definition) is 4. The van der Waals surface area contributed by atoms with E-state index >= 15 is 0 Å². The van der Waals surface area contributed by atoms with Gasteiger partial charge in [-0.1, -0.05) is 0 Å². The average molecular weight is 196 g/mol. The van der Waals surface area contributed by atoms with Crippen LogP contribution in [0.1, 0.15) is 4.88 Å². The van der Waals surface area contributed by atoms with E-state index in [1.807, 2.05) is 5.51 Å². The maximum absolute atomic E-state index is 5.57. The van der Waals surface area contributed by atoms with Crippen LogP contribution in [0, 0.1) is 0 Å². The molecule has 0 spiro atoms. The Morgan fingerprint density at radius 3 is 3.08 bits per heavy atom. The first-order valence-corrected chi connectivity index (χ1v) is 5.39. The van der Waals surface area contributed by atoms with E-state index in [4.69, 9.17) is 5.73 Å². The van der Waals surface area contributed by atoms with Gasteiger partial charge in [-0.2, -0.15) is 11.3 Å². The molecule has 0 amide bonds. The highest BCUT2D eigenvalue weighted by Crippen LogP contribution is 2.26. The van der Waals surface area contributed by atoms with Gasteiger partial charge in [-0.25, -0.2) is 4.98 Å². The van der Waals surface area contributed by atoms with Crippen LogP contribution in [0.2, 0.25) is 0 Å². The van der Waals surface area contributed by atoms with E-state index in [9.17, 15) is 0 Å². The zero-order valence-corrected chi connectivity index (χ0v) is 7.99. The minimum atomic E-state index is 0.579. The van der Waals surface area contributed by atoms with Gasteiger partial charge >= 0.3 is 0 Å². The van der Waals surface area contributed by atoms with Crippen LogP contribution in [-0.4, -0.2) is 4.98 Å². The zero-order valence-electron chi connectivity index (χ0n) is 6.36. The predicted molar refractivity (Wildman–Crippen MR) is 53.3 cm³/mol. The SMILES string of the molecule is NCc1scnc1-c1ccsc1. The molecule has 0 bridgehead atoms. The Hall–Kier alpha value is -0.710. The van der Waals surface area contributed by atoms with Crippen molar-refractivity contribution in [3.05, 3.63) is 27.2 Å². The van der Waals surface area contributed by atoms with Crippen molar-refractivity contribution >= 4 is 22.7 Å². The third kappa shape index (κ3) is 1.29. The highest BCUT2D eigenvalue weighted by atomic mass is 32.1. The van der Waals surface area contributed by atoms with Crippen molar-refractivity contribution in [3.63, 3.8) is 0 Å². The van der Waals surface area contributed by atoms with Gasteiger partial charge in [0, 0.05) is 22.4 Å². The summed E-state index contributed by atoms with van der Waals surface area (Å²) in [5, 5.41) is 4.14. The Bertz CT molecular complexity index is 351. The number of nitrogens with zero attached hydrogens (tertiary/aromatic N) is 1. The van der Waals surface area contributed by atoms with Gasteiger partial charge < -0.3 is 5.73 Å². The monoisotopic (exact) mass is 196 g/mol. The lowest BCUT2D eigenvalue weighted by Crippen LogP contribution is -1.94. The molecule has 0 saturated carbocycles. The first-order chi connectivity index (χ1) is 5.92. The predicted octanol–water partition coefficient (Wildman–Crippen LogP) is 2.33. The molecule has 2 N–H and O–H groups in total. The van der Waals surface area contributed by atoms with Gasteiger partial charge in [-0.15, -0.1) is 11.3 Å². The Morgan fingerprint density at radius 1 is 1.50 bits per heavy atom. The van der Waals surface area contributed by atoms with Crippen LogP contribution in [0.3, 0.4) is 0 Å². The summed E-state index contributed by atoms with van der Waals surface area (Å²) in [4.78, 5) is 5.44. The smallest absolute Gasteiger partial charge is 0.0864 e. The molecule has 2 aromatic rings. The summed E-state index contributed by atoms with van der Waals surface area (Å²) < 4.78 is 0. The van der Waals surface area contributed by atoms with E-state index in [1.165, 1.54) is 5.56 Å². The molecule has 0 radical (unpaired) electrons. The van der Waals surface area contributed by atoms with Crippen molar-refractivity contribution in [2.75, 3.05) is 0 Å². The van der Waals surface area contributed by atoms with Crippen molar-refractivity contribution in [3.8, 4) is 11.3 Å². The summed E-state index contributed by atoms with van der Waals surface area (Å²) in [5.41, 5.74) is 9.64. The molecule has 0 aromatic carbocycles. The van der Waals surface area contributed by atoms with Crippen LogP contribution >= 0.6 is 22.7 Å². The normalized spacial score (nSPS) is 10.4. The first kappa shape index (κ1) is 7.91. The molecule has 0 atom stereocenters. The molecule has 2 aromatic heterocycles. The second-order valence-corrected chi connectivity index (χ2v) is 4.06. The van der Waals surface area contributed by atoms with E-state index in [1.54, 1.807) is 22.7 Å². The molecule has 0 unspecified atom stereocenters. The number of nitrogens with two attached hydrogens (primary N) is 1.